The predicted octanol–water partition coefficient (Wildman–Crippen LogP) is 4.69. The fourth-order valence-corrected chi connectivity index (χ4v) is 1.73. The molecule has 0 saturated carbocycles. The summed E-state index contributed by atoms with van der Waals surface area (Å²) in [5.74, 6) is 0. The summed E-state index contributed by atoms with van der Waals surface area (Å²) in [6.45, 7) is 7.49. The molecule has 1 aromatic rings. The van der Waals surface area contributed by atoms with Gasteiger partial charge in [0, 0.05) is 0 Å². The van der Waals surface area contributed by atoms with E-state index >= 15 is 0 Å². The van der Waals surface area contributed by atoms with E-state index in [4.69, 9.17) is 34.8 Å². The summed E-state index contributed by atoms with van der Waals surface area (Å²) >= 11 is 18.0. The molecule has 76 valence electrons. The van der Waals surface area contributed by atoms with Crippen LogP contribution in [0.15, 0.2) is 29.8 Å². The molecule has 0 fully saturated rings. The lowest BCUT2D eigenvalue weighted by molar-refractivity contribution is 1.05. The van der Waals surface area contributed by atoms with Crippen LogP contribution in [0.1, 0.15) is 16.7 Å². The maximum absolute atomic E-state index is 6.11. The van der Waals surface area contributed by atoms with Gasteiger partial charge in [0.25, 0.3) is 0 Å². The third kappa shape index (κ3) is 2.25. The molecule has 3 heteroatoms. The first kappa shape index (κ1) is 11.9. The molecular formula is C11H11Cl3. The van der Waals surface area contributed by atoms with Crippen LogP contribution in [0.4, 0.5) is 0 Å². The third-order valence-electron chi connectivity index (χ3n) is 2.07. The SMILES string of the molecule is C=C(Cl)C(Cl)(Cl)c1cc(C)ccc1C. The maximum atomic E-state index is 6.11. The molecule has 0 heterocycles. The molecule has 0 unspecified atom stereocenters. The summed E-state index contributed by atoms with van der Waals surface area (Å²) in [7, 11) is 0. The van der Waals surface area contributed by atoms with Gasteiger partial charge >= 0.3 is 0 Å². The monoisotopic (exact) mass is 248 g/mol. The van der Waals surface area contributed by atoms with Gasteiger partial charge in [-0.2, -0.15) is 0 Å². The van der Waals surface area contributed by atoms with Gasteiger partial charge in [0.2, 0.25) is 0 Å². The lowest BCUT2D eigenvalue weighted by atomic mass is 10.0. The highest BCUT2D eigenvalue weighted by atomic mass is 35.5. The molecule has 0 aliphatic heterocycles. The van der Waals surface area contributed by atoms with Crippen molar-refractivity contribution < 1.29 is 0 Å². The topological polar surface area (TPSA) is 0 Å². The average Bonchev–Trinajstić information content (AvgIpc) is 2.08. The molecule has 1 aromatic carbocycles. The highest BCUT2D eigenvalue weighted by Crippen LogP contribution is 2.43. The first-order valence-electron chi connectivity index (χ1n) is 4.16. The number of aryl methyl sites for hydroxylation is 2. The van der Waals surface area contributed by atoms with Crippen LogP contribution in [-0.2, 0) is 4.33 Å². The Kier molecular flexibility index (Phi) is 3.52. The van der Waals surface area contributed by atoms with Crippen molar-refractivity contribution in [2.45, 2.75) is 18.2 Å². The summed E-state index contributed by atoms with van der Waals surface area (Å²) in [6, 6.07) is 5.88. The lowest BCUT2D eigenvalue weighted by Crippen LogP contribution is -2.12. The molecule has 0 amide bonds. The zero-order valence-corrected chi connectivity index (χ0v) is 10.3. The summed E-state index contributed by atoms with van der Waals surface area (Å²) in [4.78, 5) is 0. The van der Waals surface area contributed by atoms with Gasteiger partial charge in [0.1, 0.15) is 0 Å². The fourth-order valence-electron chi connectivity index (χ4n) is 1.22. The van der Waals surface area contributed by atoms with E-state index in [0.29, 0.717) is 0 Å². The minimum absolute atomic E-state index is 0.217. The van der Waals surface area contributed by atoms with Gasteiger partial charge in [-0.3, -0.25) is 0 Å². The van der Waals surface area contributed by atoms with Crippen molar-refractivity contribution in [3.8, 4) is 0 Å². The van der Waals surface area contributed by atoms with Crippen LogP contribution in [0.5, 0.6) is 0 Å². The molecular weight excluding hydrogens is 238 g/mol. The Morgan fingerprint density at radius 2 is 1.86 bits per heavy atom. The first-order chi connectivity index (χ1) is 6.35. The molecule has 0 bridgehead atoms. The maximum Gasteiger partial charge on any atom is 0.178 e. The molecule has 0 N–H and O–H groups in total. The number of alkyl halides is 2. The standard InChI is InChI=1S/C11H11Cl3/c1-7-4-5-8(2)10(6-7)11(13,14)9(3)12/h4-6H,3H2,1-2H3. The molecule has 0 saturated heterocycles. The third-order valence-corrected chi connectivity index (χ3v) is 3.41. The smallest absolute Gasteiger partial charge is 0.0899 e. The fraction of sp³-hybridized carbons (Fsp3) is 0.273. The van der Waals surface area contributed by atoms with Crippen molar-refractivity contribution in [2.24, 2.45) is 0 Å². The number of rotatable bonds is 2. The van der Waals surface area contributed by atoms with Gasteiger partial charge < -0.3 is 0 Å². The molecule has 14 heavy (non-hydrogen) atoms. The van der Waals surface area contributed by atoms with Crippen LogP contribution in [0.3, 0.4) is 0 Å². The van der Waals surface area contributed by atoms with Gasteiger partial charge in [-0.05, 0) is 25.0 Å². The first-order valence-corrected chi connectivity index (χ1v) is 5.29. The number of hydrogen-bond acceptors (Lipinski definition) is 0. The van der Waals surface area contributed by atoms with Gasteiger partial charge in [-0.25, -0.2) is 0 Å². The van der Waals surface area contributed by atoms with E-state index in [-0.39, 0.29) is 5.03 Å². The molecule has 0 atom stereocenters. The predicted molar refractivity (Wildman–Crippen MR) is 64.3 cm³/mol. The van der Waals surface area contributed by atoms with E-state index in [0.717, 1.165) is 16.7 Å². The van der Waals surface area contributed by atoms with E-state index in [1.54, 1.807) is 0 Å². The minimum Gasteiger partial charge on any atom is -0.0899 e. The Balaban J connectivity index is 3.31. The molecule has 0 aliphatic carbocycles. The van der Waals surface area contributed by atoms with Crippen LogP contribution in [0.2, 0.25) is 0 Å². The van der Waals surface area contributed by atoms with Crippen molar-refractivity contribution in [2.75, 3.05) is 0 Å². The summed E-state index contributed by atoms with van der Waals surface area (Å²) in [5, 5.41) is 0.217. The number of benzene rings is 1. The zero-order chi connectivity index (χ0) is 10.9. The second kappa shape index (κ2) is 4.14. The van der Waals surface area contributed by atoms with Gasteiger partial charge in [0.05, 0.1) is 5.03 Å². The van der Waals surface area contributed by atoms with Gasteiger partial charge in [0.15, 0.2) is 4.33 Å². The van der Waals surface area contributed by atoms with E-state index < -0.39 is 4.33 Å². The van der Waals surface area contributed by atoms with Crippen LogP contribution >= 0.6 is 34.8 Å². The Labute approximate surface area is 99.5 Å². The molecule has 0 nitrogen and oxygen atoms in total. The molecule has 1 rings (SSSR count). The van der Waals surface area contributed by atoms with Gasteiger partial charge in [-0.1, -0.05) is 65.1 Å². The van der Waals surface area contributed by atoms with E-state index in [1.807, 2.05) is 32.0 Å². The molecule has 0 radical (unpaired) electrons. The Morgan fingerprint density at radius 1 is 1.29 bits per heavy atom. The average molecular weight is 250 g/mol. The number of allylic oxidation sites excluding steroid dienone is 1. The largest absolute Gasteiger partial charge is 0.178 e. The molecule has 0 aliphatic rings. The van der Waals surface area contributed by atoms with Crippen molar-refractivity contribution in [3.05, 3.63) is 46.5 Å². The minimum atomic E-state index is -1.21. The van der Waals surface area contributed by atoms with Crippen LogP contribution in [-0.4, -0.2) is 0 Å². The molecule has 0 aromatic heterocycles. The lowest BCUT2D eigenvalue weighted by Gasteiger charge is -2.21. The van der Waals surface area contributed by atoms with Crippen LogP contribution in [0.25, 0.3) is 0 Å². The second-order valence-corrected chi connectivity index (χ2v) is 5.08. The van der Waals surface area contributed by atoms with Crippen molar-refractivity contribution in [1.29, 1.82) is 0 Å². The number of hydrogen-bond donors (Lipinski definition) is 0. The van der Waals surface area contributed by atoms with Crippen molar-refractivity contribution >= 4 is 34.8 Å². The quantitative estimate of drug-likeness (QED) is 0.667. The Hall–Kier alpha value is -0.170. The van der Waals surface area contributed by atoms with E-state index in [2.05, 4.69) is 6.58 Å². The van der Waals surface area contributed by atoms with E-state index in [1.165, 1.54) is 0 Å². The zero-order valence-electron chi connectivity index (χ0n) is 8.07. The number of halogens is 3. The second-order valence-electron chi connectivity index (χ2n) is 3.30. The normalized spacial score (nSPS) is 11.5. The Morgan fingerprint density at radius 3 is 2.36 bits per heavy atom. The van der Waals surface area contributed by atoms with Gasteiger partial charge in [-0.15, -0.1) is 0 Å². The molecule has 0 spiro atoms. The highest BCUT2D eigenvalue weighted by molar-refractivity contribution is 6.55. The van der Waals surface area contributed by atoms with Crippen molar-refractivity contribution in [3.63, 3.8) is 0 Å². The Bertz CT molecular complexity index is 367. The summed E-state index contributed by atoms with van der Waals surface area (Å²) < 4.78 is -1.21. The summed E-state index contributed by atoms with van der Waals surface area (Å²) in [6.07, 6.45) is 0. The van der Waals surface area contributed by atoms with Crippen molar-refractivity contribution in [1.82, 2.24) is 0 Å². The highest BCUT2D eigenvalue weighted by Gasteiger charge is 2.30. The van der Waals surface area contributed by atoms with Crippen LogP contribution in [0, 0.1) is 13.8 Å². The van der Waals surface area contributed by atoms with Crippen LogP contribution < -0.4 is 0 Å². The summed E-state index contributed by atoms with van der Waals surface area (Å²) in [5.41, 5.74) is 2.89. The van der Waals surface area contributed by atoms with E-state index in [9.17, 15) is 0 Å².